The Kier molecular flexibility index (Phi) is 5.31. The summed E-state index contributed by atoms with van der Waals surface area (Å²) in [6, 6.07) is 8.26. The summed E-state index contributed by atoms with van der Waals surface area (Å²) in [5, 5.41) is 20.1. The highest BCUT2D eigenvalue weighted by Gasteiger charge is 2.23. The van der Waals surface area contributed by atoms with Crippen LogP contribution in [0.5, 0.6) is 28.7 Å². The number of benzene rings is 2. The van der Waals surface area contributed by atoms with Crippen LogP contribution in [-0.4, -0.2) is 37.3 Å². The fourth-order valence-corrected chi connectivity index (χ4v) is 2.17. The zero-order chi connectivity index (χ0) is 17.7. The molecule has 0 atom stereocenters. The molecule has 0 amide bonds. The summed E-state index contributed by atoms with van der Waals surface area (Å²) in [6.45, 7) is 0. The van der Waals surface area contributed by atoms with Crippen LogP contribution >= 0.6 is 0 Å². The van der Waals surface area contributed by atoms with Gasteiger partial charge in [-0.05, 0) is 23.8 Å². The third-order valence-electron chi connectivity index (χ3n) is 3.41. The van der Waals surface area contributed by atoms with Crippen LogP contribution in [0.2, 0.25) is 0 Å². The first-order valence-corrected chi connectivity index (χ1v) is 7.05. The second-order valence-electron chi connectivity index (χ2n) is 4.83. The van der Waals surface area contributed by atoms with E-state index < -0.39 is 5.78 Å². The summed E-state index contributed by atoms with van der Waals surface area (Å²) < 4.78 is 15.0. The number of phenolic OH excluding ortho intramolecular Hbond substituents is 2. The van der Waals surface area contributed by atoms with Crippen molar-refractivity contribution in [1.82, 2.24) is 0 Å². The lowest BCUT2D eigenvalue weighted by Gasteiger charge is -2.13. The second kappa shape index (κ2) is 7.41. The Balaban J connectivity index is 2.35. The van der Waals surface area contributed by atoms with Crippen molar-refractivity contribution >= 4 is 11.9 Å². The van der Waals surface area contributed by atoms with Gasteiger partial charge in [-0.25, -0.2) is 0 Å². The predicted octanol–water partition coefficient (Wildman–Crippen LogP) is 3.02. The van der Waals surface area contributed by atoms with Crippen molar-refractivity contribution < 1.29 is 29.2 Å². The van der Waals surface area contributed by atoms with Gasteiger partial charge in [0.2, 0.25) is 5.75 Å². The molecule has 0 heterocycles. The van der Waals surface area contributed by atoms with E-state index in [1.54, 1.807) is 37.5 Å². The van der Waals surface area contributed by atoms with E-state index in [9.17, 15) is 15.0 Å². The van der Waals surface area contributed by atoms with Gasteiger partial charge in [0, 0.05) is 6.07 Å². The van der Waals surface area contributed by atoms with E-state index in [0.717, 1.165) is 11.6 Å². The van der Waals surface area contributed by atoms with E-state index in [1.165, 1.54) is 20.3 Å². The Morgan fingerprint density at radius 1 is 1.00 bits per heavy atom. The normalized spacial score (nSPS) is 10.6. The number of carbonyl (C=O) groups excluding carboxylic acids is 1. The Morgan fingerprint density at radius 2 is 1.67 bits per heavy atom. The van der Waals surface area contributed by atoms with Crippen LogP contribution in [0.15, 0.2) is 36.4 Å². The van der Waals surface area contributed by atoms with Crippen LogP contribution in [0.1, 0.15) is 15.9 Å². The SMILES string of the molecule is COc1ccc(/C=C/C(=O)c2c(O)cc(OC)c(O)c2OC)cc1. The van der Waals surface area contributed by atoms with Crippen molar-refractivity contribution in [2.45, 2.75) is 0 Å². The molecule has 0 aliphatic rings. The Bertz CT molecular complexity index is 762. The minimum atomic E-state index is -0.516. The van der Waals surface area contributed by atoms with E-state index in [4.69, 9.17) is 14.2 Å². The molecule has 2 rings (SSSR count). The average molecular weight is 330 g/mol. The van der Waals surface area contributed by atoms with Gasteiger partial charge in [0.1, 0.15) is 17.1 Å². The molecule has 6 nitrogen and oxygen atoms in total. The van der Waals surface area contributed by atoms with E-state index in [-0.39, 0.29) is 28.6 Å². The molecule has 24 heavy (non-hydrogen) atoms. The number of carbonyl (C=O) groups is 1. The topological polar surface area (TPSA) is 85.2 Å². The zero-order valence-corrected chi connectivity index (χ0v) is 13.6. The highest BCUT2D eigenvalue weighted by atomic mass is 16.5. The van der Waals surface area contributed by atoms with Crippen molar-refractivity contribution in [3.8, 4) is 28.7 Å². The molecule has 0 aliphatic carbocycles. The average Bonchev–Trinajstić information content (AvgIpc) is 2.61. The molecule has 0 radical (unpaired) electrons. The van der Waals surface area contributed by atoms with Gasteiger partial charge in [-0.3, -0.25) is 4.79 Å². The summed E-state index contributed by atoms with van der Waals surface area (Å²) in [4.78, 5) is 12.4. The lowest BCUT2D eigenvalue weighted by Crippen LogP contribution is -2.01. The fourth-order valence-electron chi connectivity index (χ4n) is 2.17. The predicted molar refractivity (Wildman–Crippen MR) is 89.2 cm³/mol. The van der Waals surface area contributed by atoms with Gasteiger partial charge >= 0.3 is 0 Å². The van der Waals surface area contributed by atoms with Gasteiger partial charge in [-0.1, -0.05) is 18.2 Å². The van der Waals surface area contributed by atoms with Crippen LogP contribution in [0.4, 0.5) is 0 Å². The highest BCUT2D eigenvalue weighted by molar-refractivity contribution is 6.11. The largest absolute Gasteiger partial charge is 0.507 e. The number of ether oxygens (including phenoxy) is 3. The van der Waals surface area contributed by atoms with Gasteiger partial charge in [-0.2, -0.15) is 0 Å². The van der Waals surface area contributed by atoms with Crippen molar-refractivity contribution in [2.24, 2.45) is 0 Å². The zero-order valence-electron chi connectivity index (χ0n) is 13.6. The first kappa shape index (κ1) is 17.2. The minimum absolute atomic E-state index is 0.0139. The molecule has 0 bridgehead atoms. The molecule has 0 saturated heterocycles. The van der Waals surface area contributed by atoms with Gasteiger partial charge in [0.25, 0.3) is 0 Å². The maximum atomic E-state index is 12.4. The number of phenols is 2. The maximum absolute atomic E-state index is 12.4. The summed E-state index contributed by atoms with van der Waals surface area (Å²) >= 11 is 0. The Morgan fingerprint density at radius 3 is 2.21 bits per heavy atom. The molecule has 2 aromatic rings. The molecule has 2 aromatic carbocycles. The molecule has 0 aromatic heterocycles. The van der Waals surface area contributed by atoms with Crippen LogP contribution in [0.25, 0.3) is 6.08 Å². The first-order chi connectivity index (χ1) is 11.5. The van der Waals surface area contributed by atoms with Crippen LogP contribution in [0.3, 0.4) is 0 Å². The Hall–Kier alpha value is -3.15. The molecule has 0 fully saturated rings. The van der Waals surface area contributed by atoms with Gasteiger partial charge in [0.05, 0.1) is 21.3 Å². The van der Waals surface area contributed by atoms with Crippen molar-refractivity contribution in [1.29, 1.82) is 0 Å². The van der Waals surface area contributed by atoms with Crippen LogP contribution in [0, 0.1) is 0 Å². The third-order valence-corrected chi connectivity index (χ3v) is 3.41. The summed E-state index contributed by atoms with van der Waals surface area (Å²) in [6.07, 6.45) is 2.87. The van der Waals surface area contributed by atoms with Gasteiger partial charge in [0.15, 0.2) is 17.3 Å². The van der Waals surface area contributed by atoms with Gasteiger partial charge < -0.3 is 24.4 Å². The maximum Gasteiger partial charge on any atom is 0.201 e. The highest BCUT2D eigenvalue weighted by Crippen LogP contribution is 2.44. The molecule has 0 spiro atoms. The van der Waals surface area contributed by atoms with Crippen molar-refractivity contribution in [3.63, 3.8) is 0 Å². The third kappa shape index (κ3) is 3.43. The van der Waals surface area contributed by atoms with Crippen LogP contribution < -0.4 is 14.2 Å². The quantitative estimate of drug-likeness (QED) is 0.481. The number of aromatic hydroxyl groups is 2. The Labute approximate surface area is 139 Å². The number of allylic oxidation sites excluding steroid dienone is 1. The standard InChI is InChI=1S/C18H18O6/c1-22-12-7-4-11(5-8-12)6-9-13(19)16-14(20)10-15(23-2)17(21)18(16)24-3/h4-10,20-21H,1-3H3/b9-6+. The molecular formula is C18H18O6. The molecular weight excluding hydrogens is 312 g/mol. The van der Waals surface area contributed by atoms with E-state index in [0.29, 0.717) is 5.75 Å². The molecule has 2 N–H and O–H groups in total. The van der Waals surface area contributed by atoms with E-state index in [2.05, 4.69) is 0 Å². The number of ketones is 1. The second-order valence-corrected chi connectivity index (χ2v) is 4.83. The number of methoxy groups -OCH3 is 3. The van der Waals surface area contributed by atoms with Gasteiger partial charge in [-0.15, -0.1) is 0 Å². The molecule has 0 aliphatic heterocycles. The molecule has 126 valence electrons. The number of rotatable bonds is 6. The smallest absolute Gasteiger partial charge is 0.201 e. The first-order valence-electron chi connectivity index (χ1n) is 7.05. The van der Waals surface area contributed by atoms with Crippen molar-refractivity contribution in [3.05, 3.63) is 47.5 Å². The van der Waals surface area contributed by atoms with Crippen LogP contribution in [-0.2, 0) is 0 Å². The molecule has 0 unspecified atom stereocenters. The van der Waals surface area contributed by atoms with E-state index >= 15 is 0 Å². The molecule has 0 saturated carbocycles. The minimum Gasteiger partial charge on any atom is -0.507 e. The van der Waals surface area contributed by atoms with E-state index in [1.807, 2.05) is 0 Å². The summed E-state index contributed by atoms with van der Waals surface area (Å²) in [5.74, 6) is -0.628. The summed E-state index contributed by atoms with van der Waals surface area (Å²) in [7, 11) is 4.19. The number of hydrogen-bond donors (Lipinski definition) is 2. The summed E-state index contributed by atoms with van der Waals surface area (Å²) in [5.41, 5.74) is 0.640. The lowest BCUT2D eigenvalue weighted by atomic mass is 10.1. The van der Waals surface area contributed by atoms with Crippen molar-refractivity contribution in [2.75, 3.05) is 21.3 Å². The fraction of sp³-hybridized carbons (Fsp3) is 0.167. The molecule has 6 heteroatoms. The lowest BCUT2D eigenvalue weighted by molar-refractivity contribution is 0.104. The number of hydrogen-bond acceptors (Lipinski definition) is 6. The monoisotopic (exact) mass is 330 g/mol.